The zero-order valence-electron chi connectivity index (χ0n) is 12.0. The van der Waals surface area contributed by atoms with Gasteiger partial charge in [0.05, 0.1) is 16.5 Å². The second-order valence-electron chi connectivity index (χ2n) is 5.44. The van der Waals surface area contributed by atoms with Gasteiger partial charge < -0.3 is 10.6 Å². The third kappa shape index (κ3) is 6.31. The van der Waals surface area contributed by atoms with E-state index in [4.69, 9.17) is 11.6 Å². The van der Waals surface area contributed by atoms with E-state index in [1.165, 1.54) is 18.2 Å². The van der Waals surface area contributed by atoms with E-state index in [1.807, 2.05) is 0 Å². The average Bonchev–Trinajstić information content (AvgIpc) is 2.31. The minimum atomic E-state index is -3.11. The van der Waals surface area contributed by atoms with Crippen LogP contribution in [0.1, 0.15) is 20.3 Å². The number of sulfone groups is 1. The molecule has 0 radical (unpaired) electrons. The van der Waals surface area contributed by atoms with Crippen molar-refractivity contribution in [1.82, 2.24) is 5.32 Å². The van der Waals surface area contributed by atoms with Gasteiger partial charge in [0.2, 0.25) is 0 Å². The first kappa shape index (κ1) is 17.7. The molecule has 8 heteroatoms. The molecule has 118 valence electrons. The van der Waals surface area contributed by atoms with Gasteiger partial charge in [-0.15, -0.1) is 0 Å². The zero-order chi connectivity index (χ0) is 16.3. The highest BCUT2D eigenvalue weighted by molar-refractivity contribution is 7.90. The Morgan fingerprint density at radius 1 is 1.38 bits per heavy atom. The van der Waals surface area contributed by atoms with Gasteiger partial charge in [-0.25, -0.2) is 17.6 Å². The summed E-state index contributed by atoms with van der Waals surface area (Å²) in [6, 6.07) is 3.63. The predicted octanol–water partition coefficient (Wildman–Crippen LogP) is 2.81. The summed E-state index contributed by atoms with van der Waals surface area (Å²) < 4.78 is 35.9. The molecule has 0 aromatic heterocycles. The van der Waals surface area contributed by atoms with Gasteiger partial charge >= 0.3 is 6.03 Å². The lowest BCUT2D eigenvalue weighted by Gasteiger charge is -2.26. The second-order valence-corrected chi connectivity index (χ2v) is 8.11. The van der Waals surface area contributed by atoms with Gasteiger partial charge in [-0.3, -0.25) is 0 Å². The molecule has 2 N–H and O–H groups in total. The van der Waals surface area contributed by atoms with Gasteiger partial charge in [0.1, 0.15) is 9.84 Å². The summed E-state index contributed by atoms with van der Waals surface area (Å²) in [5.41, 5.74) is -0.790. The van der Waals surface area contributed by atoms with E-state index < -0.39 is 27.2 Å². The fourth-order valence-electron chi connectivity index (χ4n) is 1.56. The summed E-state index contributed by atoms with van der Waals surface area (Å²) >= 11 is 5.62. The van der Waals surface area contributed by atoms with E-state index in [0.717, 1.165) is 6.26 Å². The Kier molecular flexibility index (Phi) is 5.58. The van der Waals surface area contributed by atoms with Crippen molar-refractivity contribution in [3.63, 3.8) is 0 Å². The highest BCUT2D eigenvalue weighted by Gasteiger charge is 2.22. The summed E-state index contributed by atoms with van der Waals surface area (Å²) in [6.07, 6.45) is 1.38. The number of hydrogen-bond acceptors (Lipinski definition) is 3. The molecule has 1 rings (SSSR count). The van der Waals surface area contributed by atoms with Gasteiger partial charge in [-0.05, 0) is 32.4 Å². The number of nitrogens with one attached hydrogen (secondary N) is 2. The van der Waals surface area contributed by atoms with Crippen LogP contribution in [-0.4, -0.2) is 32.0 Å². The monoisotopic (exact) mass is 336 g/mol. The number of carbonyl (C=O) groups is 1. The lowest BCUT2D eigenvalue weighted by atomic mass is 10.0. The van der Waals surface area contributed by atoms with Gasteiger partial charge in [0.15, 0.2) is 5.82 Å². The molecule has 5 nitrogen and oxygen atoms in total. The van der Waals surface area contributed by atoms with Crippen LogP contribution in [0, 0.1) is 5.82 Å². The standard InChI is InChI=1S/C13H18ClFN2O3S/c1-13(2,7-8-21(3,19)20)17-12(18)16-10-6-4-5-9(14)11(10)15/h4-6H,7-8H2,1-3H3,(H2,16,17,18). The third-order valence-electron chi connectivity index (χ3n) is 2.75. The molecule has 0 unspecified atom stereocenters. The fraction of sp³-hybridized carbons (Fsp3) is 0.462. The Labute approximate surface area is 128 Å². The van der Waals surface area contributed by atoms with Crippen LogP contribution in [0.5, 0.6) is 0 Å². The lowest BCUT2D eigenvalue weighted by Crippen LogP contribution is -2.46. The minimum absolute atomic E-state index is 0.0427. The normalized spacial score (nSPS) is 12.0. The first-order chi connectivity index (χ1) is 9.50. The van der Waals surface area contributed by atoms with Crippen LogP contribution in [0.25, 0.3) is 0 Å². The lowest BCUT2D eigenvalue weighted by molar-refractivity contribution is 0.240. The van der Waals surface area contributed by atoms with Crippen molar-refractivity contribution < 1.29 is 17.6 Å². The third-order valence-corrected chi connectivity index (χ3v) is 3.99. The quantitative estimate of drug-likeness (QED) is 0.868. The Morgan fingerprint density at radius 2 is 2.00 bits per heavy atom. The number of halogens is 2. The maximum atomic E-state index is 13.6. The highest BCUT2D eigenvalue weighted by atomic mass is 35.5. The van der Waals surface area contributed by atoms with Crippen LogP contribution in [0.15, 0.2) is 18.2 Å². The van der Waals surface area contributed by atoms with Crippen molar-refractivity contribution >= 4 is 33.2 Å². The largest absolute Gasteiger partial charge is 0.333 e. The fourth-order valence-corrected chi connectivity index (χ4v) is 2.62. The van der Waals surface area contributed by atoms with Crippen molar-refractivity contribution in [2.45, 2.75) is 25.8 Å². The van der Waals surface area contributed by atoms with Crippen molar-refractivity contribution in [2.75, 3.05) is 17.3 Å². The first-order valence-corrected chi connectivity index (χ1v) is 8.65. The number of anilines is 1. The van der Waals surface area contributed by atoms with Crippen LogP contribution in [-0.2, 0) is 9.84 Å². The summed E-state index contributed by atoms with van der Waals surface area (Å²) in [6.45, 7) is 3.37. The van der Waals surface area contributed by atoms with Gasteiger partial charge in [-0.2, -0.15) is 0 Å². The van der Waals surface area contributed by atoms with Crippen LogP contribution in [0.3, 0.4) is 0 Å². The highest BCUT2D eigenvalue weighted by Crippen LogP contribution is 2.22. The molecular weight excluding hydrogens is 319 g/mol. The summed E-state index contributed by atoms with van der Waals surface area (Å²) in [7, 11) is -3.11. The molecule has 0 spiro atoms. The van der Waals surface area contributed by atoms with Gasteiger partial charge in [0.25, 0.3) is 0 Å². The number of carbonyl (C=O) groups excluding carboxylic acids is 1. The van der Waals surface area contributed by atoms with E-state index in [9.17, 15) is 17.6 Å². The number of rotatable bonds is 5. The van der Waals surface area contributed by atoms with Crippen LogP contribution in [0.2, 0.25) is 5.02 Å². The van der Waals surface area contributed by atoms with E-state index >= 15 is 0 Å². The molecule has 2 amide bonds. The Balaban J connectivity index is 2.66. The number of benzene rings is 1. The SMILES string of the molecule is CC(C)(CCS(C)(=O)=O)NC(=O)Nc1cccc(Cl)c1F. The van der Waals surface area contributed by atoms with Crippen molar-refractivity contribution in [2.24, 2.45) is 0 Å². The zero-order valence-corrected chi connectivity index (χ0v) is 13.6. The Morgan fingerprint density at radius 3 is 2.57 bits per heavy atom. The molecule has 0 fully saturated rings. The second kappa shape index (κ2) is 6.62. The van der Waals surface area contributed by atoms with Crippen LogP contribution < -0.4 is 10.6 Å². The topological polar surface area (TPSA) is 75.3 Å². The maximum Gasteiger partial charge on any atom is 0.319 e. The molecule has 0 aliphatic carbocycles. The predicted molar refractivity (Wildman–Crippen MR) is 82.0 cm³/mol. The molecule has 0 saturated heterocycles. The van der Waals surface area contributed by atoms with Crippen molar-refractivity contribution in [1.29, 1.82) is 0 Å². The molecule has 0 saturated carbocycles. The smallest absolute Gasteiger partial charge is 0.319 e. The van der Waals surface area contributed by atoms with Crippen molar-refractivity contribution in [3.8, 4) is 0 Å². The molecule has 0 heterocycles. The van der Waals surface area contributed by atoms with Crippen LogP contribution in [0.4, 0.5) is 14.9 Å². The molecule has 1 aromatic rings. The van der Waals surface area contributed by atoms with Gasteiger partial charge in [0, 0.05) is 11.8 Å². The molecule has 0 atom stereocenters. The molecular formula is C13H18ClFN2O3S. The van der Waals surface area contributed by atoms with E-state index in [1.54, 1.807) is 13.8 Å². The van der Waals surface area contributed by atoms with E-state index in [2.05, 4.69) is 10.6 Å². The van der Waals surface area contributed by atoms with E-state index in [-0.39, 0.29) is 22.9 Å². The maximum absolute atomic E-state index is 13.6. The minimum Gasteiger partial charge on any atom is -0.333 e. The van der Waals surface area contributed by atoms with Crippen molar-refractivity contribution in [3.05, 3.63) is 29.0 Å². The summed E-state index contributed by atoms with van der Waals surface area (Å²) in [4.78, 5) is 11.8. The average molecular weight is 337 g/mol. The van der Waals surface area contributed by atoms with Crippen LogP contribution >= 0.6 is 11.6 Å². The van der Waals surface area contributed by atoms with E-state index in [0.29, 0.717) is 0 Å². The number of urea groups is 1. The summed E-state index contributed by atoms with van der Waals surface area (Å²) in [5, 5.41) is 4.85. The Bertz CT molecular complexity index is 632. The molecule has 0 bridgehead atoms. The first-order valence-electron chi connectivity index (χ1n) is 6.21. The number of amides is 2. The molecule has 0 aliphatic heterocycles. The Hall–Kier alpha value is -1.34. The number of hydrogen-bond donors (Lipinski definition) is 2. The molecule has 1 aromatic carbocycles. The summed E-state index contributed by atoms with van der Waals surface area (Å²) in [5.74, 6) is -0.769. The molecule has 0 aliphatic rings. The molecule has 21 heavy (non-hydrogen) atoms. The van der Waals surface area contributed by atoms with Gasteiger partial charge in [-0.1, -0.05) is 17.7 Å².